The van der Waals surface area contributed by atoms with Crippen LogP contribution in [-0.4, -0.2) is 31.6 Å². The van der Waals surface area contributed by atoms with Gasteiger partial charge >= 0.3 is 5.97 Å². The number of rotatable bonds is 3. The SMILES string of the molecule is CCOC(=O)C=C(C)N(C)C. The number of carbonyl (C=O) groups is 1. The molecule has 0 aromatic carbocycles. The Bertz CT molecular complexity index is 161. The Labute approximate surface area is 67.6 Å². The van der Waals surface area contributed by atoms with E-state index in [0.717, 1.165) is 5.70 Å². The molecule has 0 spiro atoms. The zero-order valence-corrected chi connectivity index (χ0v) is 7.55. The Kier molecular flexibility index (Phi) is 4.34. The number of esters is 1. The van der Waals surface area contributed by atoms with Gasteiger partial charge in [-0.1, -0.05) is 0 Å². The van der Waals surface area contributed by atoms with Gasteiger partial charge in [-0.15, -0.1) is 0 Å². The molecule has 3 nitrogen and oxygen atoms in total. The molecule has 64 valence electrons. The molecule has 3 heteroatoms. The third-order valence-electron chi connectivity index (χ3n) is 1.32. The first-order valence-corrected chi connectivity index (χ1v) is 3.60. The van der Waals surface area contributed by atoms with Gasteiger partial charge in [0.1, 0.15) is 0 Å². The van der Waals surface area contributed by atoms with Crippen LogP contribution in [0, 0.1) is 0 Å². The largest absolute Gasteiger partial charge is 0.463 e. The lowest BCUT2D eigenvalue weighted by atomic mass is 10.4. The van der Waals surface area contributed by atoms with Gasteiger partial charge in [-0.05, 0) is 13.8 Å². The van der Waals surface area contributed by atoms with Crippen LogP contribution in [0.5, 0.6) is 0 Å². The smallest absolute Gasteiger partial charge is 0.332 e. The van der Waals surface area contributed by atoms with E-state index in [1.807, 2.05) is 25.9 Å². The summed E-state index contributed by atoms with van der Waals surface area (Å²) in [6.07, 6.45) is 1.48. The average Bonchev–Trinajstić information content (AvgIpc) is 1.87. The van der Waals surface area contributed by atoms with Gasteiger partial charge in [0.2, 0.25) is 0 Å². The quantitative estimate of drug-likeness (QED) is 0.452. The normalized spacial score (nSPS) is 11.1. The van der Waals surface area contributed by atoms with E-state index in [4.69, 9.17) is 4.74 Å². The van der Waals surface area contributed by atoms with Crippen molar-refractivity contribution in [1.29, 1.82) is 0 Å². The Balaban J connectivity index is 3.97. The molecule has 0 bridgehead atoms. The van der Waals surface area contributed by atoms with Crippen molar-refractivity contribution in [3.05, 3.63) is 11.8 Å². The minimum absolute atomic E-state index is 0.279. The molecule has 0 radical (unpaired) electrons. The maximum atomic E-state index is 10.8. The van der Waals surface area contributed by atoms with Crippen LogP contribution in [0.1, 0.15) is 13.8 Å². The zero-order valence-electron chi connectivity index (χ0n) is 7.55. The van der Waals surface area contributed by atoms with E-state index in [1.165, 1.54) is 6.08 Å². The van der Waals surface area contributed by atoms with E-state index < -0.39 is 0 Å². The van der Waals surface area contributed by atoms with Gasteiger partial charge in [0.15, 0.2) is 0 Å². The predicted octanol–water partition coefficient (Wildman–Crippen LogP) is 1.01. The molecule has 0 aliphatic carbocycles. The molecule has 0 aliphatic heterocycles. The highest BCUT2D eigenvalue weighted by Gasteiger charge is 1.97. The lowest BCUT2D eigenvalue weighted by Gasteiger charge is -2.11. The molecule has 0 fully saturated rings. The highest BCUT2D eigenvalue weighted by molar-refractivity contribution is 5.82. The van der Waals surface area contributed by atoms with Gasteiger partial charge in [-0.25, -0.2) is 4.79 Å². The molecule has 0 aromatic rings. The fourth-order valence-corrected chi connectivity index (χ4v) is 0.484. The fraction of sp³-hybridized carbons (Fsp3) is 0.625. The molecule has 0 rings (SSSR count). The average molecular weight is 157 g/mol. The molecule has 0 aromatic heterocycles. The molecule has 0 saturated heterocycles. The summed E-state index contributed by atoms with van der Waals surface area (Å²) in [6, 6.07) is 0. The monoisotopic (exact) mass is 157 g/mol. The second kappa shape index (κ2) is 4.77. The van der Waals surface area contributed by atoms with Crippen molar-refractivity contribution in [2.45, 2.75) is 13.8 Å². The predicted molar refractivity (Wildman–Crippen MR) is 44.1 cm³/mol. The summed E-state index contributed by atoms with van der Waals surface area (Å²) in [5.74, 6) is -0.279. The zero-order chi connectivity index (χ0) is 8.85. The van der Waals surface area contributed by atoms with Crippen molar-refractivity contribution >= 4 is 5.97 Å². The van der Waals surface area contributed by atoms with Crippen molar-refractivity contribution in [2.24, 2.45) is 0 Å². The topological polar surface area (TPSA) is 29.5 Å². The summed E-state index contributed by atoms with van der Waals surface area (Å²) in [4.78, 5) is 12.7. The van der Waals surface area contributed by atoms with Crippen molar-refractivity contribution in [3.63, 3.8) is 0 Å². The van der Waals surface area contributed by atoms with Crippen molar-refractivity contribution in [3.8, 4) is 0 Å². The first-order chi connectivity index (χ1) is 5.07. The van der Waals surface area contributed by atoms with E-state index in [2.05, 4.69) is 0 Å². The van der Waals surface area contributed by atoms with Gasteiger partial charge in [0.05, 0.1) is 6.61 Å². The van der Waals surface area contributed by atoms with E-state index in [-0.39, 0.29) is 5.97 Å². The highest BCUT2D eigenvalue weighted by atomic mass is 16.5. The fourth-order valence-electron chi connectivity index (χ4n) is 0.484. The van der Waals surface area contributed by atoms with Gasteiger partial charge in [0.25, 0.3) is 0 Å². The van der Waals surface area contributed by atoms with Crippen LogP contribution in [0.4, 0.5) is 0 Å². The van der Waals surface area contributed by atoms with Crippen LogP contribution < -0.4 is 0 Å². The van der Waals surface area contributed by atoms with Crippen LogP contribution in [-0.2, 0) is 9.53 Å². The molecule has 0 atom stereocenters. The lowest BCUT2D eigenvalue weighted by molar-refractivity contribution is -0.137. The third-order valence-corrected chi connectivity index (χ3v) is 1.32. The van der Waals surface area contributed by atoms with Crippen LogP contribution in [0.15, 0.2) is 11.8 Å². The molecule has 0 N–H and O–H groups in total. The molecule has 0 amide bonds. The van der Waals surface area contributed by atoms with E-state index in [1.54, 1.807) is 6.92 Å². The second-order valence-corrected chi connectivity index (χ2v) is 2.43. The van der Waals surface area contributed by atoms with Crippen molar-refractivity contribution in [1.82, 2.24) is 4.90 Å². The number of allylic oxidation sites excluding steroid dienone is 1. The van der Waals surface area contributed by atoms with E-state index in [9.17, 15) is 4.79 Å². The minimum atomic E-state index is -0.279. The van der Waals surface area contributed by atoms with Crippen LogP contribution in [0.25, 0.3) is 0 Å². The Morgan fingerprint density at radius 3 is 2.45 bits per heavy atom. The van der Waals surface area contributed by atoms with Crippen molar-refractivity contribution in [2.75, 3.05) is 20.7 Å². The number of ether oxygens (including phenoxy) is 1. The molecular formula is C8H15NO2. The lowest BCUT2D eigenvalue weighted by Crippen LogP contribution is -2.11. The molecule has 0 heterocycles. The number of hydrogen-bond donors (Lipinski definition) is 0. The Morgan fingerprint density at radius 2 is 2.09 bits per heavy atom. The summed E-state index contributed by atoms with van der Waals surface area (Å²) in [5.41, 5.74) is 0.892. The second-order valence-electron chi connectivity index (χ2n) is 2.43. The number of nitrogens with zero attached hydrogens (tertiary/aromatic N) is 1. The molecular weight excluding hydrogens is 142 g/mol. The highest BCUT2D eigenvalue weighted by Crippen LogP contribution is 1.96. The van der Waals surface area contributed by atoms with E-state index in [0.29, 0.717) is 6.61 Å². The molecule has 11 heavy (non-hydrogen) atoms. The summed E-state index contributed by atoms with van der Waals surface area (Å²) in [5, 5.41) is 0. The van der Waals surface area contributed by atoms with Crippen LogP contribution >= 0.6 is 0 Å². The molecule has 0 aliphatic rings. The van der Waals surface area contributed by atoms with Crippen LogP contribution in [0.2, 0.25) is 0 Å². The molecule has 0 unspecified atom stereocenters. The Morgan fingerprint density at radius 1 is 1.55 bits per heavy atom. The first kappa shape index (κ1) is 10.0. The van der Waals surface area contributed by atoms with E-state index >= 15 is 0 Å². The van der Waals surface area contributed by atoms with Crippen molar-refractivity contribution < 1.29 is 9.53 Å². The van der Waals surface area contributed by atoms with Gasteiger partial charge < -0.3 is 9.64 Å². The third kappa shape index (κ3) is 4.42. The molecule has 0 saturated carbocycles. The minimum Gasteiger partial charge on any atom is -0.463 e. The number of hydrogen-bond acceptors (Lipinski definition) is 3. The summed E-state index contributed by atoms with van der Waals surface area (Å²) < 4.78 is 4.72. The first-order valence-electron chi connectivity index (χ1n) is 3.60. The Hall–Kier alpha value is -0.990. The maximum absolute atomic E-state index is 10.8. The van der Waals surface area contributed by atoms with Gasteiger partial charge in [-0.3, -0.25) is 0 Å². The summed E-state index contributed by atoms with van der Waals surface area (Å²) >= 11 is 0. The summed E-state index contributed by atoms with van der Waals surface area (Å²) in [7, 11) is 3.76. The standard InChI is InChI=1S/C8H15NO2/c1-5-11-8(10)6-7(2)9(3)4/h6H,5H2,1-4H3. The van der Waals surface area contributed by atoms with Gasteiger partial charge in [0, 0.05) is 25.9 Å². The summed E-state index contributed by atoms with van der Waals surface area (Å²) in [6.45, 7) is 4.07. The maximum Gasteiger partial charge on any atom is 0.332 e. The van der Waals surface area contributed by atoms with Gasteiger partial charge in [-0.2, -0.15) is 0 Å². The van der Waals surface area contributed by atoms with Crippen LogP contribution in [0.3, 0.4) is 0 Å². The number of carbonyl (C=O) groups excluding carboxylic acids is 1.